The summed E-state index contributed by atoms with van der Waals surface area (Å²) in [4.78, 5) is 30.9. The second kappa shape index (κ2) is 11.4. The van der Waals surface area contributed by atoms with Gasteiger partial charge in [0.2, 0.25) is 5.91 Å². The minimum absolute atomic E-state index is 0.129. The van der Waals surface area contributed by atoms with Gasteiger partial charge in [0.25, 0.3) is 0 Å². The number of amides is 1. The maximum atomic E-state index is 12.4. The van der Waals surface area contributed by atoms with Gasteiger partial charge in [-0.1, -0.05) is 24.8 Å². The summed E-state index contributed by atoms with van der Waals surface area (Å²) in [6.45, 7) is 7.68. The molecule has 2 aromatic rings. The minimum Gasteiger partial charge on any atom is -0.462 e. The number of hydrogen-bond donors (Lipinski definition) is 0. The third-order valence-electron chi connectivity index (χ3n) is 7.91. The number of nitriles is 1. The van der Waals surface area contributed by atoms with Gasteiger partial charge in [-0.2, -0.15) is 15.2 Å². The summed E-state index contributed by atoms with van der Waals surface area (Å²) in [5, 5.41) is 9.44. The molecule has 1 unspecified atom stereocenters. The fraction of sp³-hybridized carbons (Fsp3) is 0.517. The van der Waals surface area contributed by atoms with Crippen LogP contribution in [0.25, 0.3) is 0 Å². The van der Waals surface area contributed by atoms with Crippen molar-refractivity contribution >= 4 is 17.4 Å². The minimum atomic E-state index is -0.208. The number of likely N-dealkylation sites (N-methyl/N-ethyl adjacent to an activating group) is 1. The number of para-hydroxylation sites is 1. The van der Waals surface area contributed by atoms with Crippen molar-refractivity contribution in [2.24, 2.45) is 0 Å². The van der Waals surface area contributed by atoms with E-state index in [1.807, 2.05) is 14.1 Å². The lowest BCUT2D eigenvalue weighted by atomic mass is 9.90. The van der Waals surface area contributed by atoms with E-state index >= 15 is 0 Å². The Morgan fingerprint density at radius 2 is 2.08 bits per heavy atom. The molecule has 1 aliphatic carbocycles. The topological polar surface area (TPSA) is 88.8 Å². The largest absolute Gasteiger partial charge is 0.462 e. The summed E-state index contributed by atoms with van der Waals surface area (Å²) < 4.78 is 6.05. The highest BCUT2D eigenvalue weighted by Gasteiger charge is 2.35. The number of ether oxygens (including phenoxy) is 1. The smallest absolute Gasteiger partial charge is 0.318 e. The van der Waals surface area contributed by atoms with Crippen LogP contribution in [-0.2, 0) is 24.1 Å². The maximum Gasteiger partial charge on any atom is 0.318 e. The lowest BCUT2D eigenvalue weighted by Crippen LogP contribution is -2.55. The molecule has 0 bridgehead atoms. The van der Waals surface area contributed by atoms with Crippen molar-refractivity contribution in [3.63, 3.8) is 0 Å². The molecule has 3 heterocycles. The zero-order valence-corrected chi connectivity index (χ0v) is 22.5. The summed E-state index contributed by atoms with van der Waals surface area (Å²) >= 11 is 0. The second-order valence-corrected chi connectivity index (χ2v) is 10.6. The molecule has 5 rings (SSSR count). The Hall–Kier alpha value is -3.64. The Bertz CT molecular complexity index is 1220. The fourth-order valence-corrected chi connectivity index (χ4v) is 5.95. The summed E-state index contributed by atoms with van der Waals surface area (Å²) in [5.74, 6) is 0.764. The number of fused-ring (bicyclic) bond motifs is 2. The number of benzene rings is 1. The molecular weight excluding hydrogens is 478 g/mol. The highest BCUT2D eigenvalue weighted by Crippen LogP contribution is 2.37. The van der Waals surface area contributed by atoms with Crippen LogP contribution >= 0.6 is 0 Å². The van der Waals surface area contributed by atoms with Gasteiger partial charge in [-0.15, -0.1) is 0 Å². The standard InChI is InChI=1S/C29H37N7O2/c1-4-27(37)36-16-15-34(20-23(36)11-13-30)28-24-10-9-22(35-14-12-21-7-5-6-8-26(21)35)19-25(24)31-29(32-28)38-18-17-33(2)3/h4-8,22-23H,1,9-12,14-20H2,2-3H3/t22?,23-/m0/s1. The van der Waals surface area contributed by atoms with Crippen LogP contribution in [0.15, 0.2) is 36.9 Å². The average molecular weight is 516 g/mol. The second-order valence-electron chi connectivity index (χ2n) is 10.6. The molecule has 1 fully saturated rings. The molecule has 1 aromatic heterocycles. The van der Waals surface area contributed by atoms with Gasteiger partial charge in [0.1, 0.15) is 12.4 Å². The zero-order valence-electron chi connectivity index (χ0n) is 22.5. The monoisotopic (exact) mass is 515 g/mol. The van der Waals surface area contributed by atoms with Crippen LogP contribution in [0.3, 0.4) is 0 Å². The van der Waals surface area contributed by atoms with E-state index in [-0.39, 0.29) is 18.4 Å². The van der Waals surface area contributed by atoms with Gasteiger partial charge in [-0.25, -0.2) is 0 Å². The number of carbonyl (C=O) groups excluding carboxylic acids is 1. The highest BCUT2D eigenvalue weighted by molar-refractivity contribution is 5.87. The van der Waals surface area contributed by atoms with Crippen LogP contribution in [-0.4, -0.2) is 91.2 Å². The number of aromatic nitrogens is 2. The van der Waals surface area contributed by atoms with Crippen molar-refractivity contribution in [2.75, 3.05) is 63.2 Å². The SMILES string of the molecule is C=CC(=O)N1CCN(c2nc(OCCN(C)C)nc3c2CCC(N2CCc4ccccc42)C3)C[C@@H]1CC#N. The lowest BCUT2D eigenvalue weighted by molar-refractivity contribution is -0.128. The molecule has 0 radical (unpaired) electrons. The van der Waals surface area contributed by atoms with E-state index in [1.54, 1.807) is 4.90 Å². The van der Waals surface area contributed by atoms with Gasteiger partial charge in [0.15, 0.2) is 0 Å². The highest BCUT2D eigenvalue weighted by atomic mass is 16.5. The average Bonchev–Trinajstić information content (AvgIpc) is 3.36. The molecule has 0 spiro atoms. The van der Waals surface area contributed by atoms with Crippen molar-refractivity contribution < 1.29 is 9.53 Å². The third-order valence-corrected chi connectivity index (χ3v) is 7.91. The number of carbonyl (C=O) groups is 1. The van der Waals surface area contributed by atoms with Crippen LogP contribution < -0.4 is 14.5 Å². The van der Waals surface area contributed by atoms with Crippen LogP contribution in [0.1, 0.15) is 29.7 Å². The molecule has 0 saturated carbocycles. The van der Waals surface area contributed by atoms with Crippen LogP contribution in [0.5, 0.6) is 6.01 Å². The predicted octanol–water partition coefficient (Wildman–Crippen LogP) is 2.45. The molecule has 2 aliphatic heterocycles. The Morgan fingerprint density at radius 1 is 1.24 bits per heavy atom. The van der Waals surface area contributed by atoms with E-state index in [0.717, 1.165) is 50.3 Å². The molecule has 200 valence electrons. The predicted molar refractivity (Wildman–Crippen MR) is 148 cm³/mol. The number of nitrogens with zero attached hydrogens (tertiary/aromatic N) is 7. The zero-order chi connectivity index (χ0) is 26.6. The van der Waals surface area contributed by atoms with Crippen molar-refractivity contribution in [1.82, 2.24) is 19.8 Å². The summed E-state index contributed by atoms with van der Waals surface area (Å²) in [6.07, 6.45) is 5.46. The molecular formula is C29H37N7O2. The van der Waals surface area contributed by atoms with Crippen molar-refractivity contribution in [1.29, 1.82) is 5.26 Å². The number of anilines is 2. The quantitative estimate of drug-likeness (QED) is 0.496. The summed E-state index contributed by atoms with van der Waals surface area (Å²) in [7, 11) is 4.03. The number of rotatable bonds is 8. The molecule has 1 saturated heterocycles. The number of hydrogen-bond acceptors (Lipinski definition) is 8. The molecule has 1 aromatic carbocycles. The van der Waals surface area contributed by atoms with Crippen LogP contribution in [0.4, 0.5) is 11.5 Å². The maximum absolute atomic E-state index is 12.4. The molecule has 9 heteroatoms. The van der Waals surface area contributed by atoms with Crippen molar-refractivity contribution in [3.05, 3.63) is 53.7 Å². The Balaban J connectivity index is 1.43. The van der Waals surface area contributed by atoms with E-state index in [0.29, 0.717) is 38.3 Å². The van der Waals surface area contributed by atoms with E-state index in [4.69, 9.17) is 14.7 Å². The first-order valence-corrected chi connectivity index (χ1v) is 13.5. The molecule has 9 nitrogen and oxygen atoms in total. The van der Waals surface area contributed by atoms with Gasteiger partial charge in [-0.3, -0.25) is 4.79 Å². The van der Waals surface area contributed by atoms with E-state index in [1.165, 1.54) is 22.9 Å². The first kappa shape index (κ1) is 26.0. The first-order valence-electron chi connectivity index (χ1n) is 13.5. The molecule has 38 heavy (non-hydrogen) atoms. The van der Waals surface area contributed by atoms with Crippen molar-refractivity contribution in [3.8, 4) is 12.1 Å². The van der Waals surface area contributed by atoms with Gasteiger partial charge < -0.3 is 24.3 Å². The Labute approximate surface area is 225 Å². The van der Waals surface area contributed by atoms with Gasteiger partial charge in [-0.05, 0) is 51.1 Å². The fourth-order valence-electron chi connectivity index (χ4n) is 5.95. The van der Waals surface area contributed by atoms with Gasteiger partial charge in [0, 0.05) is 56.4 Å². The Kier molecular flexibility index (Phi) is 7.79. The van der Waals surface area contributed by atoms with E-state index in [9.17, 15) is 10.1 Å². The van der Waals surface area contributed by atoms with Crippen molar-refractivity contribution in [2.45, 2.75) is 44.2 Å². The lowest BCUT2D eigenvalue weighted by Gasteiger charge is -2.42. The van der Waals surface area contributed by atoms with Crippen LogP contribution in [0.2, 0.25) is 0 Å². The van der Waals surface area contributed by atoms with E-state index in [2.05, 4.69) is 51.6 Å². The van der Waals surface area contributed by atoms with Crippen LogP contribution in [0, 0.1) is 11.3 Å². The van der Waals surface area contributed by atoms with Gasteiger partial charge >= 0.3 is 6.01 Å². The summed E-state index contributed by atoms with van der Waals surface area (Å²) in [6, 6.07) is 11.6. The molecule has 3 aliphatic rings. The normalized spacial score (nSPS) is 20.6. The Morgan fingerprint density at radius 3 is 2.87 bits per heavy atom. The third kappa shape index (κ3) is 5.32. The van der Waals surface area contributed by atoms with Gasteiger partial charge in [0.05, 0.1) is 24.2 Å². The molecule has 0 N–H and O–H groups in total. The molecule has 1 amide bonds. The molecule has 2 atom stereocenters. The number of piperazine rings is 1. The van der Waals surface area contributed by atoms with E-state index < -0.39 is 0 Å². The first-order chi connectivity index (χ1) is 18.5. The summed E-state index contributed by atoms with van der Waals surface area (Å²) in [5.41, 5.74) is 5.00.